The fraction of sp³-hybridized carbons (Fsp3) is 0.787. The van der Waals surface area contributed by atoms with Gasteiger partial charge in [0.15, 0.2) is 6.10 Å². The van der Waals surface area contributed by atoms with Crippen molar-refractivity contribution in [2.75, 3.05) is 13.2 Å². The lowest BCUT2D eigenvalue weighted by atomic mass is 10.0. The van der Waals surface area contributed by atoms with Crippen LogP contribution in [0.2, 0.25) is 0 Å². The molecule has 67 heavy (non-hydrogen) atoms. The Balaban J connectivity index is 4.37. The van der Waals surface area contributed by atoms with Crippen LogP contribution in [-0.2, 0) is 28.6 Å². The number of esters is 3. The van der Waals surface area contributed by atoms with Crippen LogP contribution in [0.15, 0.2) is 60.8 Å². The summed E-state index contributed by atoms with van der Waals surface area (Å²) in [4.78, 5) is 38.1. The summed E-state index contributed by atoms with van der Waals surface area (Å²) in [5.74, 6) is -0.918. The Hall–Kier alpha value is -2.89. The Bertz CT molecular complexity index is 1210. The number of hydrogen-bond donors (Lipinski definition) is 0. The first-order chi connectivity index (χ1) is 33.0. The highest BCUT2D eigenvalue weighted by molar-refractivity contribution is 5.71. The summed E-state index contributed by atoms with van der Waals surface area (Å²) in [6.45, 7) is 6.49. The summed E-state index contributed by atoms with van der Waals surface area (Å²) in [7, 11) is 0. The second-order valence-electron chi connectivity index (χ2n) is 19.3. The molecule has 6 nitrogen and oxygen atoms in total. The number of carbonyl (C=O) groups is 3. The number of unbranched alkanes of at least 4 members (excludes halogenated alkanes) is 34. The van der Waals surface area contributed by atoms with E-state index in [0.717, 1.165) is 70.6 Å². The van der Waals surface area contributed by atoms with Crippen LogP contribution in [0, 0.1) is 0 Å². The summed E-state index contributed by atoms with van der Waals surface area (Å²) in [6.07, 6.45) is 69.3. The zero-order valence-electron chi connectivity index (χ0n) is 44.4. The normalized spacial score (nSPS) is 12.5. The fourth-order valence-electron chi connectivity index (χ4n) is 8.27. The van der Waals surface area contributed by atoms with Gasteiger partial charge in [0, 0.05) is 19.3 Å². The molecule has 0 saturated heterocycles. The molecule has 0 aromatic rings. The van der Waals surface area contributed by atoms with E-state index in [-0.39, 0.29) is 31.1 Å². The Morgan fingerprint density at radius 2 is 0.597 bits per heavy atom. The molecule has 0 aromatic carbocycles. The third kappa shape index (κ3) is 53.9. The molecule has 0 aromatic heterocycles. The molecule has 0 fully saturated rings. The molecule has 0 aliphatic rings. The number of rotatable bonds is 52. The maximum Gasteiger partial charge on any atom is 0.306 e. The minimum absolute atomic E-state index is 0.0868. The molecule has 0 bridgehead atoms. The van der Waals surface area contributed by atoms with Crippen molar-refractivity contribution in [2.24, 2.45) is 0 Å². The van der Waals surface area contributed by atoms with Gasteiger partial charge >= 0.3 is 17.9 Å². The molecule has 0 heterocycles. The van der Waals surface area contributed by atoms with E-state index in [1.165, 1.54) is 180 Å². The lowest BCUT2D eigenvalue weighted by Crippen LogP contribution is -2.30. The number of ether oxygens (including phenoxy) is 3. The highest BCUT2D eigenvalue weighted by Crippen LogP contribution is 2.16. The molecule has 1 unspecified atom stereocenters. The highest BCUT2D eigenvalue weighted by atomic mass is 16.6. The van der Waals surface area contributed by atoms with Gasteiger partial charge in [0.05, 0.1) is 0 Å². The molecule has 0 N–H and O–H groups in total. The second-order valence-corrected chi connectivity index (χ2v) is 19.3. The SMILES string of the molecule is CC/C=C/C=C/C=C/C=C/CCCCCC(=O)OCC(COC(=O)CCCCCCCCC/C=C/CCCCCCCCCC)OC(=O)CCCCCCCCCCCCCCCCCCC. The van der Waals surface area contributed by atoms with Crippen LogP contribution < -0.4 is 0 Å². The lowest BCUT2D eigenvalue weighted by Gasteiger charge is -2.18. The van der Waals surface area contributed by atoms with E-state index < -0.39 is 6.10 Å². The van der Waals surface area contributed by atoms with E-state index in [4.69, 9.17) is 14.2 Å². The standard InChI is InChI=1S/C61H108O6/c1-4-7-10-13-16-19-22-25-27-29-30-32-33-36-39-42-45-48-51-54-60(63)66-57-58(56-65-59(62)53-50-47-44-41-38-35-24-21-18-15-12-9-6-3)67-61(64)55-52-49-46-43-40-37-34-31-28-26-23-20-17-14-11-8-5-2/h9,12,15,18,21,24,29-30,35,38,58H,4-8,10-11,13-14,16-17,19-20,22-23,25-28,31-34,36-37,39-57H2,1-3H3/b12-9+,18-15+,24-21+,30-29+,38-35+. The van der Waals surface area contributed by atoms with Gasteiger partial charge in [0.1, 0.15) is 13.2 Å². The third-order valence-corrected chi connectivity index (χ3v) is 12.6. The van der Waals surface area contributed by atoms with Crippen LogP contribution in [0.4, 0.5) is 0 Å². The molecule has 0 saturated carbocycles. The number of hydrogen-bond acceptors (Lipinski definition) is 6. The van der Waals surface area contributed by atoms with Gasteiger partial charge in [0.2, 0.25) is 0 Å². The third-order valence-electron chi connectivity index (χ3n) is 12.6. The predicted molar refractivity (Wildman–Crippen MR) is 288 cm³/mol. The molecule has 388 valence electrons. The first kappa shape index (κ1) is 64.1. The zero-order valence-corrected chi connectivity index (χ0v) is 44.4. The molecule has 0 amide bonds. The molecule has 1 atom stereocenters. The van der Waals surface area contributed by atoms with Gasteiger partial charge in [-0.1, -0.05) is 268 Å². The van der Waals surface area contributed by atoms with Crippen LogP contribution in [0.1, 0.15) is 290 Å². The maximum atomic E-state index is 12.9. The van der Waals surface area contributed by atoms with Crippen molar-refractivity contribution in [3.8, 4) is 0 Å². The van der Waals surface area contributed by atoms with E-state index in [1.54, 1.807) is 0 Å². The number of allylic oxidation sites excluding steroid dienone is 10. The molecular weight excluding hydrogens is 829 g/mol. The number of carbonyl (C=O) groups excluding carboxylic acids is 3. The highest BCUT2D eigenvalue weighted by Gasteiger charge is 2.19. The zero-order chi connectivity index (χ0) is 48.6. The van der Waals surface area contributed by atoms with Crippen LogP contribution in [0.25, 0.3) is 0 Å². The molecular formula is C61H108O6. The van der Waals surface area contributed by atoms with Crippen LogP contribution in [-0.4, -0.2) is 37.2 Å². The predicted octanol–water partition coefficient (Wildman–Crippen LogP) is 19.2. The van der Waals surface area contributed by atoms with Gasteiger partial charge in [0.25, 0.3) is 0 Å². The van der Waals surface area contributed by atoms with E-state index in [9.17, 15) is 14.4 Å². The van der Waals surface area contributed by atoms with Gasteiger partial charge in [-0.3, -0.25) is 14.4 Å². The fourth-order valence-corrected chi connectivity index (χ4v) is 8.27. The van der Waals surface area contributed by atoms with Crippen LogP contribution in [0.3, 0.4) is 0 Å². The van der Waals surface area contributed by atoms with Gasteiger partial charge in [-0.05, 0) is 64.2 Å². The largest absolute Gasteiger partial charge is 0.462 e. The van der Waals surface area contributed by atoms with Gasteiger partial charge in [-0.2, -0.15) is 0 Å². The molecule has 0 aliphatic carbocycles. The molecule has 6 heteroatoms. The van der Waals surface area contributed by atoms with Gasteiger partial charge in [-0.15, -0.1) is 0 Å². The molecule has 0 spiro atoms. The Labute approximate surface area is 415 Å². The minimum atomic E-state index is -0.790. The van der Waals surface area contributed by atoms with Crippen molar-refractivity contribution in [1.82, 2.24) is 0 Å². The average molecular weight is 938 g/mol. The summed E-state index contributed by atoms with van der Waals surface area (Å²) in [6, 6.07) is 0. The topological polar surface area (TPSA) is 78.9 Å². The van der Waals surface area contributed by atoms with Crippen molar-refractivity contribution in [1.29, 1.82) is 0 Å². The smallest absolute Gasteiger partial charge is 0.306 e. The monoisotopic (exact) mass is 937 g/mol. The van der Waals surface area contributed by atoms with Gasteiger partial charge in [-0.25, -0.2) is 0 Å². The lowest BCUT2D eigenvalue weighted by molar-refractivity contribution is -0.167. The van der Waals surface area contributed by atoms with E-state index in [2.05, 4.69) is 51.2 Å². The average Bonchev–Trinajstić information content (AvgIpc) is 3.33. The first-order valence-corrected chi connectivity index (χ1v) is 28.8. The quantitative estimate of drug-likeness (QED) is 0.0199. The van der Waals surface area contributed by atoms with Crippen molar-refractivity contribution in [2.45, 2.75) is 297 Å². The van der Waals surface area contributed by atoms with Crippen LogP contribution in [0.5, 0.6) is 0 Å². The van der Waals surface area contributed by atoms with E-state index >= 15 is 0 Å². The Morgan fingerprint density at radius 3 is 0.970 bits per heavy atom. The maximum absolute atomic E-state index is 12.9. The van der Waals surface area contributed by atoms with Crippen molar-refractivity contribution < 1.29 is 28.6 Å². The second kappa shape index (κ2) is 55.7. The summed E-state index contributed by atoms with van der Waals surface area (Å²) in [5.41, 5.74) is 0. The Kier molecular flexibility index (Phi) is 53.3. The van der Waals surface area contributed by atoms with Crippen LogP contribution >= 0.6 is 0 Å². The summed E-state index contributed by atoms with van der Waals surface area (Å²) in [5, 5.41) is 0. The molecule has 0 radical (unpaired) electrons. The molecule has 0 aliphatic heterocycles. The summed E-state index contributed by atoms with van der Waals surface area (Å²) < 4.78 is 16.8. The van der Waals surface area contributed by atoms with Crippen molar-refractivity contribution in [3.05, 3.63) is 60.8 Å². The van der Waals surface area contributed by atoms with Crippen molar-refractivity contribution in [3.63, 3.8) is 0 Å². The first-order valence-electron chi connectivity index (χ1n) is 28.8. The van der Waals surface area contributed by atoms with Crippen molar-refractivity contribution >= 4 is 17.9 Å². The van der Waals surface area contributed by atoms with E-state index in [1.807, 2.05) is 30.4 Å². The van der Waals surface area contributed by atoms with Gasteiger partial charge < -0.3 is 14.2 Å². The molecule has 0 rings (SSSR count). The minimum Gasteiger partial charge on any atom is -0.462 e. The summed E-state index contributed by atoms with van der Waals surface area (Å²) >= 11 is 0. The Morgan fingerprint density at radius 1 is 0.313 bits per heavy atom. The van der Waals surface area contributed by atoms with E-state index in [0.29, 0.717) is 19.3 Å².